The van der Waals surface area contributed by atoms with Crippen LogP contribution in [0.15, 0.2) is 49.1 Å². The largest absolute Gasteiger partial charge is 0.493 e. The molecule has 0 atom stereocenters. The van der Waals surface area contributed by atoms with Crippen molar-refractivity contribution in [3.8, 4) is 17.2 Å². The Bertz CT molecular complexity index is 809. The predicted molar refractivity (Wildman–Crippen MR) is 97.7 cm³/mol. The van der Waals surface area contributed by atoms with Crippen molar-refractivity contribution >= 4 is 5.91 Å². The number of ether oxygens (including phenoxy) is 3. The van der Waals surface area contributed by atoms with E-state index in [4.69, 9.17) is 9.47 Å². The molecule has 0 unspecified atom stereocenters. The van der Waals surface area contributed by atoms with Gasteiger partial charge in [-0.3, -0.25) is 4.79 Å². The maximum absolute atomic E-state index is 12.6. The van der Waals surface area contributed by atoms with Gasteiger partial charge >= 0.3 is 6.61 Å². The quantitative estimate of drug-likeness (QED) is 0.672. The zero-order valence-electron chi connectivity index (χ0n) is 15.1. The number of para-hydroxylation sites is 1. The van der Waals surface area contributed by atoms with Gasteiger partial charge in [-0.15, -0.1) is 6.58 Å². The molecule has 1 N–H and O–H groups in total. The highest BCUT2D eigenvalue weighted by Gasteiger charge is 2.16. The SMILES string of the molecule is C=CCc1cc(C(=O)NCc2ccccc2OC(F)F)cc(OC)c1OC. The predicted octanol–water partition coefficient (Wildman–Crippen LogP) is 3.96. The fourth-order valence-corrected chi connectivity index (χ4v) is 2.62. The molecular weight excluding hydrogens is 356 g/mol. The molecule has 0 aliphatic heterocycles. The molecule has 5 nitrogen and oxygen atoms in total. The van der Waals surface area contributed by atoms with Crippen LogP contribution < -0.4 is 19.5 Å². The maximum Gasteiger partial charge on any atom is 0.387 e. The molecule has 144 valence electrons. The normalized spacial score (nSPS) is 10.4. The third-order valence-electron chi connectivity index (χ3n) is 3.81. The summed E-state index contributed by atoms with van der Waals surface area (Å²) in [4.78, 5) is 12.6. The van der Waals surface area contributed by atoms with Crippen LogP contribution in [0.25, 0.3) is 0 Å². The molecule has 7 heteroatoms. The molecule has 0 bridgehead atoms. The number of carbonyl (C=O) groups is 1. The van der Waals surface area contributed by atoms with Gasteiger partial charge in [-0.1, -0.05) is 24.3 Å². The monoisotopic (exact) mass is 377 g/mol. The van der Waals surface area contributed by atoms with Crippen LogP contribution in [0.2, 0.25) is 0 Å². The second-order valence-corrected chi connectivity index (χ2v) is 5.53. The van der Waals surface area contributed by atoms with E-state index in [0.29, 0.717) is 29.0 Å². The summed E-state index contributed by atoms with van der Waals surface area (Å²) in [7, 11) is 3.00. The van der Waals surface area contributed by atoms with E-state index in [9.17, 15) is 13.6 Å². The number of allylic oxidation sites excluding steroid dienone is 1. The van der Waals surface area contributed by atoms with Crippen molar-refractivity contribution in [2.24, 2.45) is 0 Å². The summed E-state index contributed by atoms with van der Waals surface area (Å²) in [6, 6.07) is 9.53. The Morgan fingerprint density at radius 3 is 2.52 bits per heavy atom. The van der Waals surface area contributed by atoms with E-state index in [1.165, 1.54) is 20.3 Å². The van der Waals surface area contributed by atoms with Crippen LogP contribution in [-0.2, 0) is 13.0 Å². The van der Waals surface area contributed by atoms with E-state index in [1.807, 2.05) is 0 Å². The van der Waals surface area contributed by atoms with Gasteiger partial charge in [0.25, 0.3) is 5.91 Å². The summed E-state index contributed by atoms with van der Waals surface area (Å²) in [5.41, 5.74) is 1.55. The van der Waals surface area contributed by atoms with Gasteiger partial charge < -0.3 is 19.5 Å². The Morgan fingerprint density at radius 1 is 1.15 bits per heavy atom. The highest BCUT2D eigenvalue weighted by atomic mass is 19.3. The van der Waals surface area contributed by atoms with E-state index >= 15 is 0 Å². The highest BCUT2D eigenvalue weighted by molar-refractivity contribution is 5.95. The smallest absolute Gasteiger partial charge is 0.387 e. The first-order chi connectivity index (χ1) is 13.0. The van der Waals surface area contributed by atoms with Crippen LogP contribution in [0.3, 0.4) is 0 Å². The summed E-state index contributed by atoms with van der Waals surface area (Å²) in [5.74, 6) is 0.591. The van der Waals surface area contributed by atoms with Crippen LogP contribution in [0.4, 0.5) is 8.78 Å². The molecule has 0 radical (unpaired) electrons. The maximum atomic E-state index is 12.6. The summed E-state index contributed by atoms with van der Waals surface area (Å²) in [5, 5.41) is 2.70. The van der Waals surface area contributed by atoms with Crippen molar-refractivity contribution in [3.63, 3.8) is 0 Å². The molecule has 0 saturated carbocycles. The minimum atomic E-state index is -2.94. The molecule has 0 heterocycles. The minimum Gasteiger partial charge on any atom is -0.493 e. The average molecular weight is 377 g/mol. The number of rotatable bonds is 9. The van der Waals surface area contributed by atoms with Gasteiger partial charge in [-0.25, -0.2) is 0 Å². The van der Waals surface area contributed by atoms with E-state index in [2.05, 4.69) is 16.6 Å². The van der Waals surface area contributed by atoms with Crippen molar-refractivity contribution in [2.45, 2.75) is 19.6 Å². The average Bonchev–Trinajstić information content (AvgIpc) is 2.66. The molecule has 0 aromatic heterocycles. The van der Waals surface area contributed by atoms with E-state index in [-0.39, 0.29) is 18.2 Å². The number of methoxy groups -OCH3 is 2. The minimum absolute atomic E-state index is 0.0208. The number of hydrogen-bond acceptors (Lipinski definition) is 4. The third kappa shape index (κ3) is 5.20. The number of hydrogen-bond donors (Lipinski definition) is 1. The first kappa shape index (κ1) is 20.2. The molecule has 27 heavy (non-hydrogen) atoms. The summed E-state index contributed by atoms with van der Waals surface area (Å²) >= 11 is 0. The van der Waals surface area contributed by atoms with Crippen LogP contribution in [-0.4, -0.2) is 26.7 Å². The van der Waals surface area contributed by atoms with E-state index < -0.39 is 6.61 Å². The second kappa shape index (κ2) is 9.56. The first-order valence-corrected chi connectivity index (χ1v) is 8.16. The lowest BCUT2D eigenvalue weighted by Gasteiger charge is -2.15. The molecule has 0 aliphatic rings. The third-order valence-corrected chi connectivity index (χ3v) is 3.81. The van der Waals surface area contributed by atoms with Gasteiger partial charge in [-0.05, 0) is 24.6 Å². The van der Waals surface area contributed by atoms with Crippen molar-refractivity contribution in [1.29, 1.82) is 0 Å². The van der Waals surface area contributed by atoms with Crippen molar-refractivity contribution in [3.05, 3.63) is 65.7 Å². The van der Waals surface area contributed by atoms with Gasteiger partial charge in [0.1, 0.15) is 5.75 Å². The van der Waals surface area contributed by atoms with Gasteiger partial charge in [0.2, 0.25) is 0 Å². The number of amides is 1. The van der Waals surface area contributed by atoms with Crippen molar-refractivity contribution < 1.29 is 27.8 Å². The molecule has 2 rings (SSSR count). The number of benzene rings is 2. The number of nitrogens with one attached hydrogen (secondary N) is 1. The molecule has 2 aromatic rings. The second-order valence-electron chi connectivity index (χ2n) is 5.53. The van der Waals surface area contributed by atoms with Crippen LogP contribution in [0, 0.1) is 0 Å². The Hall–Kier alpha value is -3.09. The lowest BCUT2D eigenvalue weighted by molar-refractivity contribution is -0.0504. The zero-order chi connectivity index (χ0) is 19.8. The Morgan fingerprint density at radius 2 is 1.89 bits per heavy atom. The molecule has 1 amide bonds. The molecule has 2 aromatic carbocycles. The Kier molecular flexibility index (Phi) is 7.16. The lowest BCUT2D eigenvalue weighted by atomic mass is 10.0. The fraction of sp³-hybridized carbons (Fsp3) is 0.250. The van der Waals surface area contributed by atoms with Gasteiger partial charge in [0.05, 0.1) is 14.2 Å². The van der Waals surface area contributed by atoms with Crippen molar-refractivity contribution in [2.75, 3.05) is 14.2 Å². The molecule has 0 saturated heterocycles. The van der Waals surface area contributed by atoms with Crippen LogP contribution in [0.1, 0.15) is 21.5 Å². The van der Waals surface area contributed by atoms with Gasteiger partial charge in [-0.2, -0.15) is 8.78 Å². The highest BCUT2D eigenvalue weighted by Crippen LogP contribution is 2.33. The van der Waals surface area contributed by atoms with Crippen LogP contribution in [0.5, 0.6) is 17.2 Å². The fourth-order valence-electron chi connectivity index (χ4n) is 2.62. The van der Waals surface area contributed by atoms with Gasteiger partial charge in [0.15, 0.2) is 11.5 Å². The molecule has 0 aliphatic carbocycles. The lowest BCUT2D eigenvalue weighted by Crippen LogP contribution is -2.23. The summed E-state index contributed by atoms with van der Waals surface area (Å²) in [6.45, 7) is 0.797. The standard InChI is InChI=1S/C20H21F2NO4/c1-4-7-13-10-15(11-17(25-2)18(13)26-3)19(24)23-12-14-8-5-6-9-16(14)27-20(21)22/h4-6,8-11,20H,1,7,12H2,2-3H3,(H,23,24). The molecular formula is C20H21F2NO4. The number of halogens is 2. The number of carbonyl (C=O) groups excluding carboxylic acids is 1. The van der Waals surface area contributed by atoms with Crippen LogP contribution >= 0.6 is 0 Å². The Labute approximate surface area is 156 Å². The van der Waals surface area contributed by atoms with Crippen molar-refractivity contribution in [1.82, 2.24) is 5.32 Å². The summed E-state index contributed by atoms with van der Waals surface area (Å²) < 4.78 is 40.1. The summed E-state index contributed by atoms with van der Waals surface area (Å²) in [6.07, 6.45) is 2.18. The van der Waals surface area contributed by atoms with E-state index in [1.54, 1.807) is 36.4 Å². The number of alkyl halides is 2. The van der Waals surface area contributed by atoms with E-state index in [0.717, 1.165) is 5.56 Å². The molecule has 0 spiro atoms. The topological polar surface area (TPSA) is 56.8 Å². The van der Waals surface area contributed by atoms with Gasteiger partial charge in [0, 0.05) is 23.2 Å². The first-order valence-electron chi connectivity index (χ1n) is 8.16. The zero-order valence-corrected chi connectivity index (χ0v) is 15.1. The Balaban J connectivity index is 2.21. The molecule has 0 fully saturated rings.